The summed E-state index contributed by atoms with van der Waals surface area (Å²) in [6, 6.07) is 5.59. The summed E-state index contributed by atoms with van der Waals surface area (Å²) in [6.07, 6.45) is 2.75. The lowest BCUT2D eigenvalue weighted by Gasteiger charge is -2.16. The quantitative estimate of drug-likeness (QED) is 0.748. The van der Waals surface area contributed by atoms with Crippen molar-refractivity contribution in [3.8, 4) is 0 Å². The maximum Gasteiger partial charge on any atom is 0.323 e. The minimum Gasteiger partial charge on any atom is -0.480 e. The summed E-state index contributed by atoms with van der Waals surface area (Å²) in [5.74, 6) is -2.58. The number of halogens is 1. The number of carboxylic acid groups (broad SMARTS) is 1. The molecule has 112 valence electrons. The van der Waals surface area contributed by atoms with Crippen LogP contribution < -0.4 is 5.73 Å². The third-order valence-corrected chi connectivity index (χ3v) is 3.23. The summed E-state index contributed by atoms with van der Waals surface area (Å²) in [5, 5.41) is 8.73. The van der Waals surface area contributed by atoms with E-state index in [-0.39, 0.29) is 0 Å². The number of nitrogens with zero attached hydrogens (tertiary/aromatic N) is 1. The molecular weight excluding hydrogens is 340 g/mol. The molecule has 0 saturated carbocycles. The maximum absolute atomic E-state index is 11.9. The SMILES string of the molecule is Cc1ccc(/C=C/C(=O)N(CC(N)=O)CC(=O)O)c(Br)c1. The highest BCUT2D eigenvalue weighted by molar-refractivity contribution is 9.10. The van der Waals surface area contributed by atoms with E-state index in [9.17, 15) is 14.4 Å². The third kappa shape index (κ3) is 5.78. The number of nitrogens with two attached hydrogens (primary N) is 1. The molecule has 2 amide bonds. The number of primary amides is 1. The van der Waals surface area contributed by atoms with E-state index < -0.39 is 30.9 Å². The van der Waals surface area contributed by atoms with Crippen molar-refractivity contribution >= 4 is 39.8 Å². The zero-order chi connectivity index (χ0) is 16.0. The van der Waals surface area contributed by atoms with Crippen molar-refractivity contribution in [1.82, 2.24) is 4.90 Å². The van der Waals surface area contributed by atoms with Crippen LogP contribution in [0.15, 0.2) is 28.7 Å². The van der Waals surface area contributed by atoms with E-state index in [4.69, 9.17) is 10.8 Å². The fourth-order valence-corrected chi connectivity index (χ4v) is 2.22. The second kappa shape index (κ2) is 7.58. The Hall–Kier alpha value is -2.15. The molecule has 0 aliphatic rings. The van der Waals surface area contributed by atoms with Gasteiger partial charge in [-0.3, -0.25) is 14.4 Å². The van der Waals surface area contributed by atoms with Crippen molar-refractivity contribution in [1.29, 1.82) is 0 Å². The van der Waals surface area contributed by atoms with E-state index in [1.165, 1.54) is 6.08 Å². The van der Waals surface area contributed by atoms with E-state index in [1.54, 1.807) is 6.08 Å². The first-order valence-corrected chi connectivity index (χ1v) is 6.82. The van der Waals surface area contributed by atoms with E-state index in [1.807, 2.05) is 25.1 Å². The molecule has 0 radical (unpaired) electrons. The lowest BCUT2D eigenvalue weighted by molar-refractivity contribution is -0.143. The second-order valence-corrected chi connectivity index (χ2v) is 5.27. The molecule has 0 aromatic heterocycles. The molecular formula is C14H15BrN2O4. The Kier molecular flexibility index (Phi) is 6.10. The average Bonchev–Trinajstić information content (AvgIpc) is 2.35. The number of rotatable bonds is 6. The highest BCUT2D eigenvalue weighted by Crippen LogP contribution is 2.19. The summed E-state index contributed by atoms with van der Waals surface area (Å²) in [4.78, 5) is 34.3. The number of carbonyl (C=O) groups is 3. The zero-order valence-electron chi connectivity index (χ0n) is 11.4. The smallest absolute Gasteiger partial charge is 0.323 e. The largest absolute Gasteiger partial charge is 0.480 e. The third-order valence-electron chi connectivity index (χ3n) is 2.55. The van der Waals surface area contributed by atoms with Crippen molar-refractivity contribution in [2.75, 3.05) is 13.1 Å². The molecule has 0 heterocycles. The molecule has 0 bridgehead atoms. The molecule has 0 saturated heterocycles. The van der Waals surface area contributed by atoms with Gasteiger partial charge in [0.05, 0.1) is 0 Å². The number of hydrogen-bond donors (Lipinski definition) is 2. The van der Waals surface area contributed by atoms with Crippen LogP contribution in [0.4, 0.5) is 0 Å². The predicted molar refractivity (Wildman–Crippen MR) is 81.3 cm³/mol. The predicted octanol–water partition coefficient (Wildman–Crippen LogP) is 1.17. The number of aliphatic carboxylic acids is 1. The molecule has 6 nitrogen and oxygen atoms in total. The first-order valence-electron chi connectivity index (χ1n) is 6.03. The highest BCUT2D eigenvalue weighted by atomic mass is 79.9. The molecule has 1 aromatic carbocycles. The van der Waals surface area contributed by atoms with Gasteiger partial charge < -0.3 is 15.7 Å². The van der Waals surface area contributed by atoms with Crippen LogP contribution in [0.25, 0.3) is 6.08 Å². The lowest BCUT2D eigenvalue weighted by Crippen LogP contribution is -2.40. The average molecular weight is 355 g/mol. The van der Waals surface area contributed by atoms with Crippen LogP contribution >= 0.6 is 15.9 Å². The van der Waals surface area contributed by atoms with Crippen LogP contribution in [0.5, 0.6) is 0 Å². The van der Waals surface area contributed by atoms with Gasteiger partial charge in [0.15, 0.2) is 0 Å². The molecule has 0 fully saturated rings. The van der Waals surface area contributed by atoms with Gasteiger partial charge >= 0.3 is 5.97 Å². The van der Waals surface area contributed by atoms with E-state index in [2.05, 4.69) is 15.9 Å². The Bertz CT molecular complexity index is 583. The van der Waals surface area contributed by atoms with Gasteiger partial charge in [0.1, 0.15) is 13.1 Å². The van der Waals surface area contributed by atoms with Crippen molar-refractivity contribution in [2.45, 2.75) is 6.92 Å². The Labute approximate surface area is 130 Å². The molecule has 0 aliphatic heterocycles. The van der Waals surface area contributed by atoms with Gasteiger partial charge in [0, 0.05) is 10.5 Å². The molecule has 0 aliphatic carbocycles. The number of aryl methyl sites for hydroxylation is 1. The highest BCUT2D eigenvalue weighted by Gasteiger charge is 2.16. The van der Waals surface area contributed by atoms with Gasteiger partial charge in [-0.2, -0.15) is 0 Å². The van der Waals surface area contributed by atoms with Gasteiger partial charge in [-0.05, 0) is 30.2 Å². The van der Waals surface area contributed by atoms with Crippen molar-refractivity contribution in [3.05, 3.63) is 39.9 Å². The zero-order valence-corrected chi connectivity index (χ0v) is 13.0. The fourth-order valence-electron chi connectivity index (χ4n) is 1.60. The fraction of sp³-hybridized carbons (Fsp3) is 0.214. The molecule has 0 atom stereocenters. The summed E-state index contributed by atoms with van der Waals surface area (Å²) in [5.41, 5.74) is 6.83. The van der Waals surface area contributed by atoms with Crippen molar-refractivity contribution < 1.29 is 19.5 Å². The number of benzene rings is 1. The monoisotopic (exact) mass is 354 g/mol. The molecule has 3 N–H and O–H groups in total. The maximum atomic E-state index is 11.9. The number of carboxylic acids is 1. The topological polar surface area (TPSA) is 101 Å². The Morgan fingerprint density at radius 1 is 1.33 bits per heavy atom. The normalized spacial score (nSPS) is 10.6. The van der Waals surface area contributed by atoms with Crippen LogP contribution in [0.3, 0.4) is 0 Å². The van der Waals surface area contributed by atoms with Gasteiger partial charge in [0.25, 0.3) is 0 Å². The van der Waals surface area contributed by atoms with Crippen LogP contribution in [-0.4, -0.2) is 40.9 Å². The van der Waals surface area contributed by atoms with Crippen LogP contribution in [0, 0.1) is 6.92 Å². The lowest BCUT2D eigenvalue weighted by atomic mass is 10.1. The van der Waals surface area contributed by atoms with Crippen LogP contribution in [-0.2, 0) is 14.4 Å². The van der Waals surface area contributed by atoms with Crippen molar-refractivity contribution in [2.24, 2.45) is 5.73 Å². The number of carbonyl (C=O) groups excluding carboxylic acids is 2. The number of amides is 2. The summed E-state index contributed by atoms with van der Waals surface area (Å²) >= 11 is 3.37. The van der Waals surface area contributed by atoms with Gasteiger partial charge in [-0.25, -0.2) is 0 Å². The molecule has 0 unspecified atom stereocenters. The van der Waals surface area contributed by atoms with Crippen LogP contribution in [0.1, 0.15) is 11.1 Å². The summed E-state index contributed by atoms with van der Waals surface area (Å²) in [6.45, 7) is 0.913. The van der Waals surface area contributed by atoms with E-state index in [0.29, 0.717) is 0 Å². The van der Waals surface area contributed by atoms with E-state index in [0.717, 1.165) is 20.5 Å². The standard InChI is InChI=1S/C14H15BrN2O4/c1-9-2-3-10(11(15)6-9)4-5-13(19)17(7-12(16)18)8-14(20)21/h2-6H,7-8H2,1H3,(H2,16,18)(H,20,21)/b5-4+. The van der Waals surface area contributed by atoms with E-state index >= 15 is 0 Å². The molecule has 1 aromatic rings. The van der Waals surface area contributed by atoms with Crippen molar-refractivity contribution in [3.63, 3.8) is 0 Å². The minimum atomic E-state index is -1.21. The minimum absolute atomic E-state index is 0.440. The van der Waals surface area contributed by atoms with Crippen LogP contribution in [0.2, 0.25) is 0 Å². The van der Waals surface area contributed by atoms with Gasteiger partial charge in [0.2, 0.25) is 11.8 Å². The first-order chi connectivity index (χ1) is 9.79. The summed E-state index contributed by atoms with van der Waals surface area (Å²) < 4.78 is 0.811. The number of hydrogen-bond acceptors (Lipinski definition) is 3. The molecule has 7 heteroatoms. The Morgan fingerprint density at radius 3 is 2.52 bits per heavy atom. The molecule has 21 heavy (non-hydrogen) atoms. The Balaban J connectivity index is 2.86. The summed E-state index contributed by atoms with van der Waals surface area (Å²) in [7, 11) is 0. The van der Waals surface area contributed by atoms with Gasteiger partial charge in [-0.1, -0.05) is 28.1 Å². The first kappa shape index (κ1) is 16.9. The Morgan fingerprint density at radius 2 is 2.00 bits per heavy atom. The second-order valence-electron chi connectivity index (χ2n) is 4.41. The van der Waals surface area contributed by atoms with Gasteiger partial charge in [-0.15, -0.1) is 0 Å². The molecule has 1 rings (SSSR count). The molecule has 0 spiro atoms.